The molecule has 7 nitrogen and oxygen atoms in total. The first kappa shape index (κ1) is 13.8. The highest BCUT2D eigenvalue weighted by Crippen LogP contribution is 2.20. The van der Waals surface area contributed by atoms with Gasteiger partial charge < -0.3 is 19.6 Å². The normalized spacial score (nSPS) is 27.7. The molecule has 0 saturated carbocycles. The molecule has 7 heteroatoms. The summed E-state index contributed by atoms with van der Waals surface area (Å²) in [5.41, 5.74) is 0. The number of aliphatic carboxylic acids is 1. The van der Waals surface area contributed by atoms with Crippen LogP contribution in [0.1, 0.15) is 12.8 Å². The molecule has 2 rings (SSSR count). The van der Waals surface area contributed by atoms with Crippen molar-refractivity contribution in [3.63, 3.8) is 0 Å². The lowest BCUT2D eigenvalue weighted by Gasteiger charge is -2.33. The van der Waals surface area contributed by atoms with Crippen LogP contribution in [0.2, 0.25) is 0 Å². The van der Waals surface area contributed by atoms with Gasteiger partial charge in [-0.1, -0.05) is 0 Å². The van der Waals surface area contributed by atoms with E-state index in [2.05, 4.69) is 0 Å². The van der Waals surface area contributed by atoms with E-state index in [4.69, 9.17) is 9.84 Å². The molecule has 0 aromatic carbocycles. The number of likely N-dealkylation sites (tertiary alicyclic amines) is 1. The van der Waals surface area contributed by atoms with Gasteiger partial charge in [-0.25, -0.2) is 0 Å². The van der Waals surface area contributed by atoms with E-state index >= 15 is 0 Å². The largest absolute Gasteiger partial charge is 0.481 e. The highest BCUT2D eigenvalue weighted by atomic mass is 16.5. The molecule has 2 aliphatic heterocycles. The Morgan fingerprint density at radius 1 is 1.42 bits per heavy atom. The van der Waals surface area contributed by atoms with Gasteiger partial charge in [-0.2, -0.15) is 0 Å². The number of carboxylic acid groups (broad SMARTS) is 1. The summed E-state index contributed by atoms with van der Waals surface area (Å²) in [7, 11) is 1.68. The van der Waals surface area contributed by atoms with Gasteiger partial charge in [0, 0.05) is 33.1 Å². The fraction of sp³-hybridized carbons (Fsp3) is 0.750. The molecule has 0 bridgehead atoms. The Hall–Kier alpha value is -1.63. The molecule has 2 amide bonds. The standard InChI is InChI=1S/C12H18N2O5/c1-13-6-8(4-10(13)15)12(18)14-2-3-19-9(7-14)5-11(16)17/h8-9H,2-7H2,1H3,(H,16,17)/t8-,9-/m1/s1. The van der Waals surface area contributed by atoms with Gasteiger partial charge in [0.05, 0.1) is 25.0 Å². The third kappa shape index (κ3) is 3.23. The quantitative estimate of drug-likeness (QED) is 0.723. The van der Waals surface area contributed by atoms with Crippen LogP contribution in [0.3, 0.4) is 0 Å². The molecular weight excluding hydrogens is 252 g/mol. The lowest BCUT2D eigenvalue weighted by molar-refractivity contribution is -0.149. The monoisotopic (exact) mass is 270 g/mol. The number of ether oxygens (including phenoxy) is 1. The second-order valence-electron chi connectivity index (χ2n) is 5.05. The van der Waals surface area contributed by atoms with Gasteiger partial charge in [0.2, 0.25) is 11.8 Å². The number of amides is 2. The molecule has 2 saturated heterocycles. The molecule has 0 aromatic rings. The van der Waals surface area contributed by atoms with Gasteiger partial charge in [0.25, 0.3) is 0 Å². The van der Waals surface area contributed by atoms with Crippen molar-refractivity contribution in [3.8, 4) is 0 Å². The number of rotatable bonds is 3. The van der Waals surface area contributed by atoms with Gasteiger partial charge >= 0.3 is 5.97 Å². The molecule has 0 unspecified atom stereocenters. The fourth-order valence-corrected chi connectivity index (χ4v) is 2.52. The van der Waals surface area contributed by atoms with Gasteiger partial charge in [-0.3, -0.25) is 14.4 Å². The molecule has 0 radical (unpaired) electrons. The van der Waals surface area contributed by atoms with E-state index in [1.54, 1.807) is 16.8 Å². The topological polar surface area (TPSA) is 87.2 Å². The number of carbonyl (C=O) groups excluding carboxylic acids is 2. The van der Waals surface area contributed by atoms with Crippen molar-refractivity contribution in [1.82, 2.24) is 9.80 Å². The lowest BCUT2D eigenvalue weighted by atomic mass is 10.1. The number of morpholine rings is 1. The van der Waals surface area contributed by atoms with Gasteiger partial charge in [0.1, 0.15) is 0 Å². The minimum absolute atomic E-state index is 0.0197. The maximum Gasteiger partial charge on any atom is 0.306 e. The van der Waals surface area contributed by atoms with E-state index in [9.17, 15) is 14.4 Å². The Bertz CT molecular complexity index is 398. The Kier molecular flexibility index (Phi) is 4.04. The minimum atomic E-state index is -0.935. The molecule has 2 aliphatic rings. The first-order valence-electron chi connectivity index (χ1n) is 6.33. The predicted molar refractivity (Wildman–Crippen MR) is 64.3 cm³/mol. The molecule has 19 heavy (non-hydrogen) atoms. The van der Waals surface area contributed by atoms with E-state index < -0.39 is 12.1 Å². The Labute approximate surface area is 111 Å². The second kappa shape index (κ2) is 5.56. The number of hydrogen-bond donors (Lipinski definition) is 1. The molecule has 2 heterocycles. The van der Waals surface area contributed by atoms with Crippen molar-refractivity contribution in [3.05, 3.63) is 0 Å². The molecule has 0 spiro atoms. The third-order valence-electron chi connectivity index (χ3n) is 3.54. The van der Waals surface area contributed by atoms with Crippen molar-refractivity contribution < 1.29 is 24.2 Å². The van der Waals surface area contributed by atoms with Crippen molar-refractivity contribution in [1.29, 1.82) is 0 Å². The van der Waals surface area contributed by atoms with Crippen LogP contribution < -0.4 is 0 Å². The van der Waals surface area contributed by atoms with Crippen LogP contribution in [-0.4, -0.2) is 72.1 Å². The van der Waals surface area contributed by atoms with Crippen molar-refractivity contribution in [2.75, 3.05) is 33.3 Å². The van der Waals surface area contributed by atoms with Crippen LogP contribution >= 0.6 is 0 Å². The lowest BCUT2D eigenvalue weighted by Crippen LogP contribution is -2.48. The third-order valence-corrected chi connectivity index (χ3v) is 3.54. The van der Waals surface area contributed by atoms with Crippen LogP contribution in [-0.2, 0) is 19.1 Å². The highest BCUT2D eigenvalue weighted by Gasteiger charge is 2.36. The maximum atomic E-state index is 12.3. The first-order valence-corrected chi connectivity index (χ1v) is 6.33. The molecule has 2 atom stereocenters. The summed E-state index contributed by atoms with van der Waals surface area (Å²) in [6, 6.07) is 0. The average Bonchev–Trinajstić information content (AvgIpc) is 2.68. The Morgan fingerprint density at radius 2 is 2.16 bits per heavy atom. The van der Waals surface area contributed by atoms with Crippen LogP contribution in [0.25, 0.3) is 0 Å². The van der Waals surface area contributed by atoms with Gasteiger partial charge in [0.15, 0.2) is 0 Å². The Balaban J connectivity index is 1.92. The molecule has 1 N–H and O–H groups in total. The van der Waals surface area contributed by atoms with Crippen LogP contribution in [0, 0.1) is 5.92 Å². The van der Waals surface area contributed by atoms with Crippen molar-refractivity contribution in [2.24, 2.45) is 5.92 Å². The summed E-state index contributed by atoms with van der Waals surface area (Å²) in [5.74, 6) is -1.33. The average molecular weight is 270 g/mol. The number of hydrogen-bond acceptors (Lipinski definition) is 4. The molecular formula is C12H18N2O5. The van der Waals surface area contributed by atoms with Crippen molar-refractivity contribution >= 4 is 17.8 Å². The number of carboxylic acids is 1. The maximum absolute atomic E-state index is 12.3. The first-order chi connectivity index (χ1) is 8.97. The molecule has 106 valence electrons. The number of carbonyl (C=O) groups is 3. The van der Waals surface area contributed by atoms with Crippen LogP contribution in [0.15, 0.2) is 0 Å². The zero-order chi connectivity index (χ0) is 14.0. The van der Waals surface area contributed by atoms with Crippen molar-refractivity contribution in [2.45, 2.75) is 18.9 Å². The van der Waals surface area contributed by atoms with E-state index in [0.29, 0.717) is 26.2 Å². The molecule has 2 fully saturated rings. The summed E-state index contributed by atoms with van der Waals surface area (Å²) in [4.78, 5) is 37.5. The fourth-order valence-electron chi connectivity index (χ4n) is 2.52. The van der Waals surface area contributed by atoms with E-state index in [1.807, 2.05) is 0 Å². The Morgan fingerprint density at radius 3 is 2.74 bits per heavy atom. The van der Waals surface area contributed by atoms with Crippen LogP contribution in [0.5, 0.6) is 0 Å². The van der Waals surface area contributed by atoms with Crippen LogP contribution in [0.4, 0.5) is 0 Å². The minimum Gasteiger partial charge on any atom is -0.481 e. The summed E-state index contributed by atoms with van der Waals surface area (Å²) >= 11 is 0. The summed E-state index contributed by atoms with van der Waals surface area (Å²) in [6.45, 7) is 1.54. The second-order valence-corrected chi connectivity index (χ2v) is 5.05. The van der Waals surface area contributed by atoms with E-state index in [-0.39, 0.29) is 30.6 Å². The molecule has 0 aromatic heterocycles. The number of nitrogens with zero attached hydrogens (tertiary/aromatic N) is 2. The zero-order valence-electron chi connectivity index (χ0n) is 10.9. The summed E-state index contributed by atoms with van der Waals surface area (Å²) in [6.07, 6.45) is -0.311. The van der Waals surface area contributed by atoms with Gasteiger partial charge in [-0.15, -0.1) is 0 Å². The SMILES string of the molecule is CN1C[C@H](C(=O)N2CCO[C@H](CC(=O)O)C2)CC1=O. The molecule has 0 aliphatic carbocycles. The van der Waals surface area contributed by atoms with E-state index in [1.165, 1.54) is 0 Å². The predicted octanol–water partition coefficient (Wildman–Crippen LogP) is -0.833. The van der Waals surface area contributed by atoms with E-state index in [0.717, 1.165) is 0 Å². The zero-order valence-corrected chi connectivity index (χ0v) is 10.9. The summed E-state index contributed by atoms with van der Waals surface area (Å²) < 4.78 is 5.32. The summed E-state index contributed by atoms with van der Waals surface area (Å²) in [5, 5.41) is 8.74. The highest BCUT2D eigenvalue weighted by molar-refractivity contribution is 5.89. The smallest absolute Gasteiger partial charge is 0.306 e. The van der Waals surface area contributed by atoms with Gasteiger partial charge in [-0.05, 0) is 0 Å².